The lowest BCUT2D eigenvalue weighted by molar-refractivity contribution is 0.0948. The molecule has 0 aliphatic rings. The summed E-state index contributed by atoms with van der Waals surface area (Å²) in [6, 6.07) is 15.9. The number of hydrogen-bond acceptors (Lipinski definition) is 2. The number of carbonyl (C=O) groups excluding carboxylic acids is 1. The van der Waals surface area contributed by atoms with Gasteiger partial charge in [-0.1, -0.05) is 48.9 Å². The van der Waals surface area contributed by atoms with Gasteiger partial charge in [-0.25, -0.2) is 0 Å². The molecule has 104 valence electrons. The first-order chi connectivity index (χ1) is 9.70. The highest BCUT2D eigenvalue weighted by Crippen LogP contribution is 2.22. The average molecular weight is 285 g/mol. The van der Waals surface area contributed by atoms with Gasteiger partial charge in [0.2, 0.25) is 0 Å². The minimum absolute atomic E-state index is 0.0111. The first-order valence-corrected chi connectivity index (χ1v) is 7.75. The molecule has 2 aromatic carbocycles. The van der Waals surface area contributed by atoms with Crippen LogP contribution in [0.25, 0.3) is 0 Å². The molecular formula is C17H19NOS. The van der Waals surface area contributed by atoms with Crippen molar-refractivity contribution in [3.05, 3.63) is 65.2 Å². The van der Waals surface area contributed by atoms with Crippen LogP contribution in [0.4, 0.5) is 0 Å². The quantitative estimate of drug-likeness (QED) is 0.840. The van der Waals surface area contributed by atoms with Crippen LogP contribution in [0.3, 0.4) is 0 Å². The Morgan fingerprint density at radius 3 is 2.70 bits per heavy atom. The van der Waals surface area contributed by atoms with Crippen LogP contribution in [-0.4, -0.2) is 11.7 Å². The normalized spacial score (nSPS) is 10.3. The third-order valence-electron chi connectivity index (χ3n) is 2.97. The van der Waals surface area contributed by atoms with Crippen LogP contribution >= 0.6 is 11.8 Å². The van der Waals surface area contributed by atoms with Gasteiger partial charge in [0.25, 0.3) is 5.91 Å². The van der Waals surface area contributed by atoms with E-state index in [0.29, 0.717) is 6.54 Å². The molecule has 0 saturated heterocycles. The second kappa shape index (κ2) is 7.15. The van der Waals surface area contributed by atoms with Crippen molar-refractivity contribution in [2.75, 3.05) is 5.75 Å². The topological polar surface area (TPSA) is 29.1 Å². The van der Waals surface area contributed by atoms with Gasteiger partial charge in [-0.05, 0) is 30.4 Å². The summed E-state index contributed by atoms with van der Waals surface area (Å²) in [5.41, 5.74) is 3.09. The van der Waals surface area contributed by atoms with Crippen LogP contribution in [0.15, 0.2) is 53.4 Å². The Balaban J connectivity index is 2.05. The maximum Gasteiger partial charge on any atom is 0.252 e. The van der Waals surface area contributed by atoms with E-state index < -0.39 is 0 Å². The standard InChI is InChI=1S/C17H19NOS/c1-3-20-16-10-5-4-9-15(16)17(19)18-12-14-8-6-7-13(2)11-14/h4-11H,3,12H2,1-2H3,(H,18,19). The van der Waals surface area contributed by atoms with E-state index in [2.05, 4.69) is 31.3 Å². The fourth-order valence-electron chi connectivity index (χ4n) is 2.04. The molecule has 1 N–H and O–H groups in total. The second-order valence-corrected chi connectivity index (χ2v) is 5.91. The number of rotatable bonds is 5. The predicted molar refractivity (Wildman–Crippen MR) is 85.2 cm³/mol. The third kappa shape index (κ3) is 3.87. The third-order valence-corrected chi connectivity index (χ3v) is 3.92. The smallest absolute Gasteiger partial charge is 0.252 e. The summed E-state index contributed by atoms with van der Waals surface area (Å²) in [5, 5.41) is 2.99. The molecular weight excluding hydrogens is 266 g/mol. The first-order valence-electron chi connectivity index (χ1n) is 6.76. The van der Waals surface area contributed by atoms with Crippen LogP contribution in [0.5, 0.6) is 0 Å². The lowest BCUT2D eigenvalue weighted by Crippen LogP contribution is -2.23. The van der Waals surface area contributed by atoms with Crippen molar-refractivity contribution in [3.63, 3.8) is 0 Å². The Kier molecular flexibility index (Phi) is 5.24. The van der Waals surface area contributed by atoms with Gasteiger partial charge in [0.1, 0.15) is 0 Å². The lowest BCUT2D eigenvalue weighted by Gasteiger charge is -2.09. The molecule has 0 aliphatic heterocycles. The molecule has 0 fully saturated rings. The van der Waals surface area contributed by atoms with E-state index in [9.17, 15) is 4.79 Å². The van der Waals surface area contributed by atoms with Crippen molar-refractivity contribution in [3.8, 4) is 0 Å². The van der Waals surface area contributed by atoms with Crippen molar-refractivity contribution < 1.29 is 4.79 Å². The van der Waals surface area contributed by atoms with Crippen LogP contribution < -0.4 is 5.32 Å². The molecule has 0 heterocycles. The summed E-state index contributed by atoms with van der Waals surface area (Å²) in [5.74, 6) is 0.949. The number of nitrogens with one attached hydrogen (secondary N) is 1. The van der Waals surface area contributed by atoms with E-state index >= 15 is 0 Å². The van der Waals surface area contributed by atoms with Crippen molar-refractivity contribution in [1.82, 2.24) is 5.32 Å². The maximum atomic E-state index is 12.3. The summed E-state index contributed by atoms with van der Waals surface area (Å²) in [6.45, 7) is 4.70. The minimum Gasteiger partial charge on any atom is -0.348 e. The molecule has 1 amide bonds. The average Bonchev–Trinajstić information content (AvgIpc) is 2.46. The van der Waals surface area contributed by atoms with Crippen molar-refractivity contribution in [2.45, 2.75) is 25.3 Å². The van der Waals surface area contributed by atoms with Gasteiger partial charge in [-0.3, -0.25) is 4.79 Å². The van der Waals surface area contributed by atoms with Crippen molar-refractivity contribution in [1.29, 1.82) is 0 Å². The molecule has 0 radical (unpaired) electrons. The molecule has 0 bridgehead atoms. The van der Waals surface area contributed by atoms with Crippen LogP contribution in [0.1, 0.15) is 28.4 Å². The molecule has 0 aromatic heterocycles. The maximum absolute atomic E-state index is 12.3. The monoisotopic (exact) mass is 285 g/mol. The predicted octanol–water partition coefficient (Wildman–Crippen LogP) is 4.04. The molecule has 3 heteroatoms. The minimum atomic E-state index is -0.0111. The van der Waals surface area contributed by atoms with Gasteiger partial charge in [-0.15, -0.1) is 11.8 Å². The van der Waals surface area contributed by atoms with Gasteiger partial charge in [0, 0.05) is 11.4 Å². The summed E-state index contributed by atoms with van der Waals surface area (Å²) >= 11 is 1.69. The van der Waals surface area contributed by atoms with E-state index in [1.807, 2.05) is 36.4 Å². The zero-order valence-electron chi connectivity index (χ0n) is 11.8. The van der Waals surface area contributed by atoms with Gasteiger partial charge in [-0.2, -0.15) is 0 Å². The van der Waals surface area contributed by atoms with Crippen molar-refractivity contribution >= 4 is 17.7 Å². The molecule has 0 atom stereocenters. The van der Waals surface area contributed by atoms with E-state index in [-0.39, 0.29) is 5.91 Å². The number of benzene rings is 2. The zero-order valence-corrected chi connectivity index (χ0v) is 12.7. The van der Waals surface area contributed by atoms with Gasteiger partial charge in [0.15, 0.2) is 0 Å². The molecule has 0 saturated carbocycles. The zero-order chi connectivity index (χ0) is 14.4. The van der Waals surface area contributed by atoms with Gasteiger partial charge >= 0.3 is 0 Å². The molecule has 2 nitrogen and oxygen atoms in total. The highest BCUT2D eigenvalue weighted by Gasteiger charge is 2.10. The largest absolute Gasteiger partial charge is 0.348 e. The molecule has 2 rings (SSSR count). The molecule has 2 aromatic rings. The van der Waals surface area contributed by atoms with Crippen molar-refractivity contribution in [2.24, 2.45) is 0 Å². The number of thioether (sulfide) groups is 1. The number of amides is 1. The Morgan fingerprint density at radius 1 is 1.15 bits per heavy atom. The Bertz CT molecular complexity index is 595. The number of carbonyl (C=O) groups is 1. The van der Waals surface area contributed by atoms with Crippen LogP contribution in [0, 0.1) is 6.92 Å². The molecule has 0 aliphatic carbocycles. The molecule has 0 spiro atoms. The lowest BCUT2D eigenvalue weighted by atomic mass is 10.1. The molecule has 0 unspecified atom stereocenters. The first kappa shape index (κ1) is 14.7. The van der Waals surface area contributed by atoms with E-state index in [0.717, 1.165) is 21.8 Å². The number of aryl methyl sites for hydroxylation is 1. The van der Waals surface area contributed by atoms with E-state index in [1.54, 1.807) is 11.8 Å². The Hall–Kier alpha value is -1.74. The highest BCUT2D eigenvalue weighted by molar-refractivity contribution is 7.99. The number of hydrogen-bond donors (Lipinski definition) is 1. The highest BCUT2D eigenvalue weighted by atomic mass is 32.2. The van der Waals surface area contributed by atoms with Crippen LogP contribution in [-0.2, 0) is 6.54 Å². The summed E-state index contributed by atoms with van der Waals surface area (Å²) in [6.07, 6.45) is 0. The summed E-state index contributed by atoms with van der Waals surface area (Å²) < 4.78 is 0. The summed E-state index contributed by atoms with van der Waals surface area (Å²) in [7, 11) is 0. The Labute approximate surface area is 124 Å². The van der Waals surface area contributed by atoms with Gasteiger partial charge in [0.05, 0.1) is 5.56 Å². The fraction of sp³-hybridized carbons (Fsp3) is 0.235. The van der Waals surface area contributed by atoms with Gasteiger partial charge < -0.3 is 5.32 Å². The fourth-order valence-corrected chi connectivity index (χ4v) is 2.84. The molecule has 20 heavy (non-hydrogen) atoms. The second-order valence-electron chi connectivity index (χ2n) is 4.60. The van der Waals surface area contributed by atoms with Crippen LogP contribution in [0.2, 0.25) is 0 Å². The Morgan fingerprint density at radius 2 is 1.95 bits per heavy atom. The SMILES string of the molecule is CCSc1ccccc1C(=O)NCc1cccc(C)c1. The van der Waals surface area contributed by atoms with E-state index in [4.69, 9.17) is 0 Å². The van der Waals surface area contributed by atoms with E-state index in [1.165, 1.54) is 5.56 Å². The summed E-state index contributed by atoms with van der Waals surface area (Å²) in [4.78, 5) is 13.3.